The van der Waals surface area contributed by atoms with E-state index in [4.69, 9.17) is 9.47 Å². The van der Waals surface area contributed by atoms with Gasteiger partial charge in [0.25, 0.3) is 0 Å². The maximum atomic E-state index is 5.49. The van der Waals surface area contributed by atoms with Gasteiger partial charge >= 0.3 is 0 Å². The van der Waals surface area contributed by atoms with Crippen molar-refractivity contribution in [3.63, 3.8) is 0 Å². The zero-order valence-corrected chi connectivity index (χ0v) is 10.0. The van der Waals surface area contributed by atoms with Crippen LogP contribution in [0.2, 0.25) is 0 Å². The van der Waals surface area contributed by atoms with Crippen molar-refractivity contribution in [2.24, 2.45) is 11.8 Å². The summed E-state index contributed by atoms with van der Waals surface area (Å²) in [7, 11) is 1.79. The number of nitrogens with zero attached hydrogens (tertiary/aromatic N) is 1. The van der Waals surface area contributed by atoms with Crippen LogP contribution in [0.15, 0.2) is 11.8 Å². The van der Waals surface area contributed by atoms with Gasteiger partial charge in [0.1, 0.15) is 0 Å². The third-order valence-corrected chi connectivity index (χ3v) is 4.30. The summed E-state index contributed by atoms with van der Waals surface area (Å²) in [5.41, 5.74) is 1.56. The lowest BCUT2D eigenvalue weighted by Gasteiger charge is -2.43. The molecule has 2 atom stereocenters. The highest BCUT2D eigenvalue weighted by Crippen LogP contribution is 2.35. The third-order valence-electron chi connectivity index (χ3n) is 4.30. The van der Waals surface area contributed by atoms with Gasteiger partial charge in [-0.2, -0.15) is 0 Å². The first kappa shape index (κ1) is 10.6. The van der Waals surface area contributed by atoms with E-state index in [1.54, 1.807) is 12.8 Å². The molecule has 3 heteroatoms. The molecule has 0 aromatic carbocycles. The Kier molecular flexibility index (Phi) is 2.90. The van der Waals surface area contributed by atoms with Crippen molar-refractivity contribution < 1.29 is 9.47 Å². The molecule has 0 saturated carbocycles. The normalized spacial score (nSPS) is 37.6. The van der Waals surface area contributed by atoms with Gasteiger partial charge in [0.15, 0.2) is 0 Å². The van der Waals surface area contributed by atoms with Crippen LogP contribution in [0.4, 0.5) is 0 Å². The quantitative estimate of drug-likeness (QED) is 0.710. The van der Waals surface area contributed by atoms with E-state index in [9.17, 15) is 0 Å². The predicted molar refractivity (Wildman–Crippen MR) is 62.1 cm³/mol. The van der Waals surface area contributed by atoms with Crippen molar-refractivity contribution >= 4 is 0 Å². The maximum absolute atomic E-state index is 5.49. The number of allylic oxidation sites excluding steroid dienone is 1. The number of rotatable bonds is 2. The second-order valence-corrected chi connectivity index (χ2v) is 5.27. The third kappa shape index (κ3) is 1.87. The molecule has 4 aliphatic rings. The lowest BCUT2D eigenvalue weighted by Crippen LogP contribution is -2.40. The standard InChI is InChI=1S/C13H21NO2/c1-15-13-9-16-8-11(13)7-12-6-10-2-4-14(12)5-3-10/h7,10-11,13H,2-6,8-9H2,1H3/b12-7+. The van der Waals surface area contributed by atoms with Gasteiger partial charge in [0.05, 0.1) is 19.3 Å². The highest BCUT2D eigenvalue weighted by atomic mass is 16.5. The van der Waals surface area contributed by atoms with E-state index in [1.807, 2.05) is 0 Å². The number of piperidine rings is 3. The Hall–Kier alpha value is -0.540. The highest BCUT2D eigenvalue weighted by molar-refractivity contribution is 5.12. The molecule has 0 aromatic rings. The fourth-order valence-corrected chi connectivity index (χ4v) is 3.22. The Morgan fingerprint density at radius 1 is 1.31 bits per heavy atom. The van der Waals surface area contributed by atoms with Gasteiger partial charge in [0.2, 0.25) is 0 Å². The SMILES string of the molecule is COC1COCC1/C=C1\CC2CCN1CC2. The van der Waals surface area contributed by atoms with Crippen LogP contribution in [0.3, 0.4) is 0 Å². The van der Waals surface area contributed by atoms with Crippen LogP contribution in [0, 0.1) is 11.8 Å². The Morgan fingerprint density at radius 3 is 2.75 bits per heavy atom. The van der Waals surface area contributed by atoms with Crippen molar-refractivity contribution in [2.75, 3.05) is 33.4 Å². The van der Waals surface area contributed by atoms with Gasteiger partial charge in [-0.05, 0) is 25.2 Å². The molecule has 0 N–H and O–H groups in total. The molecular weight excluding hydrogens is 202 g/mol. The Labute approximate surface area is 97.4 Å². The number of methoxy groups -OCH3 is 1. The van der Waals surface area contributed by atoms with Crippen molar-refractivity contribution in [1.82, 2.24) is 4.90 Å². The monoisotopic (exact) mass is 223 g/mol. The number of hydrogen-bond donors (Lipinski definition) is 0. The molecular formula is C13H21NO2. The number of hydrogen-bond acceptors (Lipinski definition) is 3. The van der Waals surface area contributed by atoms with Crippen LogP contribution < -0.4 is 0 Å². The average molecular weight is 223 g/mol. The Balaban J connectivity index is 1.72. The van der Waals surface area contributed by atoms with E-state index in [1.165, 1.54) is 32.4 Å². The fourth-order valence-electron chi connectivity index (χ4n) is 3.22. The summed E-state index contributed by atoms with van der Waals surface area (Å²) in [6.45, 7) is 4.12. The first-order valence-corrected chi connectivity index (χ1v) is 6.43. The van der Waals surface area contributed by atoms with Gasteiger partial charge in [-0.25, -0.2) is 0 Å². The van der Waals surface area contributed by atoms with Crippen LogP contribution in [-0.2, 0) is 9.47 Å². The molecule has 0 spiro atoms. The zero-order valence-electron chi connectivity index (χ0n) is 10.0. The van der Waals surface area contributed by atoms with Crippen LogP contribution in [0.25, 0.3) is 0 Å². The molecule has 4 rings (SSSR count). The molecule has 2 unspecified atom stereocenters. The second kappa shape index (κ2) is 4.38. The summed E-state index contributed by atoms with van der Waals surface area (Å²) in [5, 5.41) is 0. The van der Waals surface area contributed by atoms with Gasteiger partial charge in [-0.3, -0.25) is 0 Å². The molecule has 3 nitrogen and oxygen atoms in total. The Morgan fingerprint density at radius 2 is 2.12 bits per heavy atom. The second-order valence-electron chi connectivity index (χ2n) is 5.27. The van der Waals surface area contributed by atoms with Crippen LogP contribution in [-0.4, -0.2) is 44.4 Å². The van der Waals surface area contributed by atoms with E-state index in [2.05, 4.69) is 11.0 Å². The summed E-state index contributed by atoms with van der Waals surface area (Å²) < 4.78 is 11.0. The largest absolute Gasteiger partial charge is 0.378 e. The minimum Gasteiger partial charge on any atom is -0.378 e. The van der Waals surface area contributed by atoms with Crippen molar-refractivity contribution in [3.05, 3.63) is 11.8 Å². The molecule has 4 saturated heterocycles. The van der Waals surface area contributed by atoms with Gasteiger partial charge in [-0.15, -0.1) is 0 Å². The molecule has 0 aromatic heterocycles. The lowest BCUT2D eigenvalue weighted by molar-refractivity contribution is 0.0726. The summed E-state index contributed by atoms with van der Waals surface area (Å²) >= 11 is 0. The summed E-state index contributed by atoms with van der Waals surface area (Å²) in [6, 6.07) is 0. The lowest BCUT2D eigenvalue weighted by atomic mass is 9.85. The van der Waals surface area contributed by atoms with Crippen LogP contribution in [0.1, 0.15) is 19.3 Å². The zero-order chi connectivity index (χ0) is 11.0. The molecule has 4 fully saturated rings. The molecule has 0 amide bonds. The van der Waals surface area contributed by atoms with E-state index in [-0.39, 0.29) is 6.10 Å². The van der Waals surface area contributed by atoms with E-state index < -0.39 is 0 Å². The molecule has 90 valence electrons. The smallest absolute Gasteiger partial charge is 0.0889 e. The maximum Gasteiger partial charge on any atom is 0.0889 e. The van der Waals surface area contributed by atoms with E-state index >= 15 is 0 Å². The summed E-state index contributed by atoms with van der Waals surface area (Å²) in [6.07, 6.45) is 6.77. The van der Waals surface area contributed by atoms with Gasteiger partial charge in [0, 0.05) is 31.8 Å². The van der Waals surface area contributed by atoms with Crippen LogP contribution >= 0.6 is 0 Å². The fraction of sp³-hybridized carbons (Fsp3) is 0.846. The number of ether oxygens (including phenoxy) is 2. The average Bonchev–Trinajstić information content (AvgIpc) is 2.78. The minimum atomic E-state index is 0.272. The van der Waals surface area contributed by atoms with Crippen molar-refractivity contribution in [3.8, 4) is 0 Å². The molecule has 2 bridgehead atoms. The van der Waals surface area contributed by atoms with Gasteiger partial charge < -0.3 is 14.4 Å². The molecule has 4 aliphatic heterocycles. The van der Waals surface area contributed by atoms with E-state index in [0.29, 0.717) is 5.92 Å². The molecule has 0 aliphatic carbocycles. The Bertz CT molecular complexity index is 282. The predicted octanol–water partition coefficient (Wildman–Crippen LogP) is 1.65. The first-order valence-electron chi connectivity index (χ1n) is 6.43. The summed E-state index contributed by atoms with van der Waals surface area (Å²) in [4.78, 5) is 2.56. The summed E-state index contributed by atoms with van der Waals surface area (Å²) in [5.74, 6) is 1.42. The molecule has 16 heavy (non-hydrogen) atoms. The van der Waals surface area contributed by atoms with Crippen molar-refractivity contribution in [2.45, 2.75) is 25.4 Å². The molecule has 0 radical (unpaired) electrons. The minimum absolute atomic E-state index is 0.272. The number of fused-ring (bicyclic) bond motifs is 3. The first-order chi connectivity index (χ1) is 7.86. The van der Waals surface area contributed by atoms with Gasteiger partial charge in [-0.1, -0.05) is 6.08 Å². The topological polar surface area (TPSA) is 21.7 Å². The highest BCUT2D eigenvalue weighted by Gasteiger charge is 2.32. The van der Waals surface area contributed by atoms with Crippen molar-refractivity contribution in [1.29, 1.82) is 0 Å². The van der Waals surface area contributed by atoms with Crippen LogP contribution in [0.5, 0.6) is 0 Å². The van der Waals surface area contributed by atoms with E-state index in [0.717, 1.165) is 19.1 Å². The molecule has 4 heterocycles.